The minimum atomic E-state index is -0.295. The molecule has 1 aliphatic carbocycles. The van der Waals surface area contributed by atoms with Crippen molar-refractivity contribution in [2.45, 2.75) is 25.4 Å². The van der Waals surface area contributed by atoms with Crippen molar-refractivity contribution >= 4 is 5.91 Å². The van der Waals surface area contributed by atoms with Crippen molar-refractivity contribution in [1.82, 2.24) is 5.32 Å². The molecular formula is C14H17FN2O. The van der Waals surface area contributed by atoms with Crippen LogP contribution in [0.25, 0.3) is 0 Å². The van der Waals surface area contributed by atoms with Crippen LogP contribution in [0.4, 0.5) is 4.39 Å². The normalized spacial score (nSPS) is 23.9. The molecule has 4 heteroatoms. The number of benzene rings is 1. The van der Waals surface area contributed by atoms with Gasteiger partial charge in [-0.05, 0) is 31.0 Å². The number of hydrogen-bond donors (Lipinski definition) is 2. The molecular weight excluding hydrogens is 231 g/mol. The second-order valence-electron chi connectivity index (χ2n) is 4.68. The van der Waals surface area contributed by atoms with Crippen molar-refractivity contribution in [1.29, 1.82) is 0 Å². The first-order valence-electron chi connectivity index (χ1n) is 6.06. The van der Waals surface area contributed by atoms with E-state index < -0.39 is 0 Å². The Bertz CT molecular complexity index is 473. The van der Waals surface area contributed by atoms with Crippen molar-refractivity contribution in [3.05, 3.63) is 47.8 Å². The Morgan fingerprint density at radius 2 is 2.28 bits per heavy atom. The summed E-state index contributed by atoms with van der Waals surface area (Å²) in [5, 5.41) is 2.87. The predicted octanol–water partition coefficient (Wildman–Crippen LogP) is 1.91. The van der Waals surface area contributed by atoms with Crippen LogP contribution in [0, 0.1) is 11.7 Å². The summed E-state index contributed by atoms with van der Waals surface area (Å²) in [6.07, 6.45) is 4.32. The Kier molecular flexibility index (Phi) is 3.77. The standard InChI is InChI=1S/C14H17FN2O/c1-9(10-3-2-4-12(15)7-10)17-14(18)11-5-6-13(16)8-11/h2-7,9,11,13H,8,16H2,1H3,(H,17,18). The van der Waals surface area contributed by atoms with Gasteiger partial charge >= 0.3 is 0 Å². The fourth-order valence-corrected chi connectivity index (χ4v) is 2.10. The van der Waals surface area contributed by atoms with Crippen LogP contribution in [0.3, 0.4) is 0 Å². The van der Waals surface area contributed by atoms with Gasteiger partial charge in [-0.25, -0.2) is 4.39 Å². The molecule has 0 spiro atoms. The van der Waals surface area contributed by atoms with Gasteiger partial charge in [-0.3, -0.25) is 4.79 Å². The summed E-state index contributed by atoms with van der Waals surface area (Å²) < 4.78 is 13.1. The summed E-state index contributed by atoms with van der Waals surface area (Å²) in [6, 6.07) is 6.00. The Morgan fingerprint density at radius 3 is 2.89 bits per heavy atom. The third-order valence-electron chi connectivity index (χ3n) is 3.16. The summed E-state index contributed by atoms with van der Waals surface area (Å²) in [6.45, 7) is 1.84. The Balaban J connectivity index is 1.97. The van der Waals surface area contributed by atoms with Crippen LogP contribution in [-0.4, -0.2) is 11.9 Å². The van der Waals surface area contributed by atoms with E-state index in [0.717, 1.165) is 5.56 Å². The summed E-state index contributed by atoms with van der Waals surface area (Å²) in [7, 11) is 0. The van der Waals surface area contributed by atoms with Crippen LogP contribution in [0.2, 0.25) is 0 Å². The average Bonchev–Trinajstić information content (AvgIpc) is 2.76. The lowest BCUT2D eigenvalue weighted by atomic mass is 10.0. The van der Waals surface area contributed by atoms with E-state index in [4.69, 9.17) is 5.73 Å². The number of rotatable bonds is 3. The summed E-state index contributed by atoms with van der Waals surface area (Å²) >= 11 is 0. The van der Waals surface area contributed by atoms with Crippen molar-refractivity contribution in [2.24, 2.45) is 11.7 Å². The first kappa shape index (κ1) is 12.8. The molecule has 1 aromatic carbocycles. The van der Waals surface area contributed by atoms with E-state index in [1.54, 1.807) is 12.1 Å². The quantitative estimate of drug-likeness (QED) is 0.803. The largest absolute Gasteiger partial charge is 0.349 e. The molecule has 0 aromatic heterocycles. The third-order valence-corrected chi connectivity index (χ3v) is 3.16. The lowest BCUT2D eigenvalue weighted by Gasteiger charge is -2.17. The van der Waals surface area contributed by atoms with E-state index in [2.05, 4.69) is 5.32 Å². The summed E-state index contributed by atoms with van der Waals surface area (Å²) in [4.78, 5) is 11.9. The van der Waals surface area contributed by atoms with Crippen molar-refractivity contribution in [3.8, 4) is 0 Å². The van der Waals surface area contributed by atoms with E-state index >= 15 is 0 Å². The number of carbonyl (C=O) groups excluding carboxylic acids is 1. The lowest BCUT2D eigenvalue weighted by Crippen LogP contribution is -2.32. The molecule has 0 radical (unpaired) electrons. The van der Waals surface area contributed by atoms with E-state index in [1.165, 1.54) is 12.1 Å². The maximum absolute atomic E-state index is 13.1. The summed E-state index contributed by atoms with van der Waals surface area (Å²) in [5.74, 6) is -0.525. The minimum Gasteiger partial charge on any atom is -0.349 e. The lowest BCUT2D eigenvalue weighted by molar-refractivity contribution is -0.124. The highest BCUT2D eigenvalue weighted by molar-refractivity contribution is 5.81. The number of halogens is 1. The molecule has 96 valence electrons. The SMILES string of the molecule is CC(NC(=O)C1C=CC(N)C1)c1cccc(F)c1. The highest BCUT2D eigenvalue weighted by Gasteiger charge is 2.23. The molecule has 1 amide bonds. The molecule has 2 rings (SSSR count). The second kappa shape index (κ2) is 5.31. The van der Waals surface area contributed by atoms with Crippen LogP contribution in [0.15, 0.2) is 36.4 Å². The Labute approximate surface area is 106 Å². The minimum absolute atomic E-state index is 0.0368. The first-order chi connectivity index (χ1) is 8.56. The molecule has 18 heavy (non-hydrogen) atoms. The smallest absolute Gasteiger partial charge is 0.227 e. The molecule has 0 heterocycles. The van der Waals surface area contributed by atoms with E-state index in [-0.39, 0.29) is 29.7 Å². The van der Waals surface area contributed by atoms with Gasteiger partial charge in [0, 0.05) is 6.04 Å². The van der Waals surface area contributed by atoms with Gasteiger partial charge in [0.1, 0.15) is 5.82 Å². The van der Waals surface area contributed by atoms with Crippen molar-refractivity contribution < 1.29 is 9.18 Å². The number of nitrogens with two attached hydrogens (primary N) is 1. The molecule has 0 saturated heterocycles. The van der Waals surface area contributed by atoms with Gasteiger partial charge in [-0.1, -0.05) is 24.3 Å². The third kappa shape index (κ3) is 2.96. The number of nitrogens with one attached hydrogen (secondary N) is 1. The van der Waals surface area contributed by atoms with Gasteiger partial charge in [0.15, 0.2) is 0 Å². The zero-order valence-electron chi connectivity index (χ0n) is 10.3. The Morgan fingerprint density at radius 1 is 1.50 bits per heavy atom. The molecule has 0 aliphatic heterocycles. The topological polar surface area (TPSA) is 55.1 Å². The highest BCUT2D eigenvalue weighted by Crippen LogP contribution is 2.19. The van der Waals surface area contributed by atoms with Crippen LogP contribution < -0.4 is 11.1 Å². The molecule has 0 saturated carbocycles. The fraction of sp³-hybridized carbons (Fsp3) is 0.357. The number of hydrogen-bond acceptors (Lipinski definition) is 2. The Hall–Kier alpha value is -1.68. The maximum Gasteiger partial charge on any atom is 0.227 e. The second-order valence-corrected chi connectivity index (χ2v) is 4.68. The van der Waals surface area contributed by atoms with Gasteiger partial charge < -0.3 is 11.1 Å². The van der Waals surface area contributed by atoms with Gasteiger partial charge in [0.2, 0.25) is 5.91 Å². The van der Waals surface area contributed by atoms with Crippen molar-refractivity contribution in [3.63, 3.8) is 0 Å². The van der Waals surface area contributed by atoms with Crippen LogP contribution >= 0.6 is 0 Å². The van der Waals surface area contributed by atoms with Gasteiger partial charge in [0.25, 0.3) is 0 Å². The van der Waals surface area contributed by atoms with Crippen molar-refractivity contribution in [2.75, 3.05) is 0 Å². The highest BCUT2D eigenvalue weighted by atomic mass is 19.1. The van der Waals surface area contributed by atoms with E-state index in [9.17, 15) is 9.18 Å². The van der Waals surface area contributed by atoms with E-state index in [0.29, 0.717) is 6.42 Å². The van der Waals surface area contributed by atoms with Gasteiger partial charge in [0.05, 0.1) is 12.0 Å². The molecule has 0 bridgehead atoms. The monoisotopic (exact) mass is 248 g/mol. The maximum atomic E-state index is 13.1. The molecule has 3 nitrogen and oxygen atoms in total. The van der Waals surface area contributed by atoms with Gasteiger partial charge in [-0.2, -0.15) is 0 Å². The molecule has 3 N–H and O–H groups in total. The average molecular weight is 248 g/mol. The van der Waals surface area contributed by atoms with E-state index in [1.807, 2.05) is 19.1 Å². The zero-order chi connectivity index (χ0) is 13.1. The van der Waals surface area contributed by atoms with Crippen LogP contribution in [0.1, 0.15) is 24.9 Å². The number of amides is 1. The fourth-order valence-electron chi connectivity index (χ4n) is 2.10. The predicted molar refractivity (Wildman–Crippen MR) is 68.2 cm³/mol. The summed E-state index contributed by atoms with van der Waals surface area (Å²) in [5.41, 5.74) is 6.47. The van der Waals surface area contributed by atoms with Gasteiger partial charge in [-0.15, -0.1) is 0 Å². The molecule has 0 fully saturated rings. The van der Waals surface area contributed by atoms with Crippen LogP contribution in [-0.2, 0) is 4.79 Å². The number of carbonyl (C=O) groups is 1. The molecule has 1 aliphatic rings. The molecule has 1 aromatic rings. The van der Waals surface area contributed by atoms with Crippen LogP contribution in [0.5, 0.6) is 0 Å². The zero-order valence-corrected chi connectivity index (χ0v) is 10.3. The first-order valence-corrected chi connectivity index (χ1v) is 6.06. The molecule has 3 atom stereocenters. The molecule has 3 unspecified atom stereocenters.